The Balaban J connectivity index is 2.74. The van der Waals surface area contributed by atoms with E-state index in [0.29, 0.717) is 5.75 Å². The first-order chi connectivity index (χ1) is 7.38. The molecule has 0 unspecified atom stereocenters. The van der Waals surface area contributed by atoms with Crippen LogP contribution in [0, 0.1) is 24.4 Å². The third-order valence-corrected chi connectivity index (χ3v) is 1.93. The van der Waals surface area contributed by atoms with Crippen LogP contribution in [0.25, 0.3) is 0 Å². The Bertz CT molecular complexity index is 401. The number of hydrogen-bond donors (Lipinski definition) is 0. The minimum atomic E-state index is 0.656. The fourth-order valence-electron chi connectivity index (χ4n) is 1.15. The van der Waals surface area contributed by atoms with Crippen LogP contribution in [0.1, 0.15) is 31.7 Å². The highest BCUT2D eigenvalue weighted by molar-refractivity contribution is 5.46. The van der Waals surface area contributed by atoms with Crippen LogP contribution in [0.15, 0.2) is 24.3 Å². The number of unbranched alkanes of at least 4 members (excludes halogenated alkanes) is 2. The van der Waals surface area contributed by atoms with E-state index in [2.05, 4.69) is 24.9 Å². The minimum absolute atomic E-state index is 0.656. The first-order valence-corrected chi connectivity index (χ1v) is 5.08. The van der Waals surface area contributed by atoms with Crippen molar-refractivity contribution in [2.24, 2.45) is 0 Å². The van der Waals surface area contributed by atoms with Crippen molar-refractivity contribution < 1.29 is 4.74 Å². The van der Waals surface area contributed by atoms with Crippen molar-refractivity contribution in [3.05, 3.63) is 29.8 Å². The van der Waals surface area contributed by atoms with Gasteiger partial charge in [0.15, 0.2) is 5.75 Å². The van der Waals surface area contributed by atoms with E-state index in [1.807, 2.05) is 24.3 Å². The fraction of sp³-hybridized carbons (Fsp3) is 0.286. The van der Waals surface area contributed by atoms with Gasteiger partial charge in [-0.1, -0.05) is 43.7 Å². The fourth-order valence-corrected chi connectivity index (χ4v) is 1.15. The van der Waals surface area contributed by atoms with E-state index in [1.165, 1.54) is 0 Å². The van der Waals surface area contributed by atoms with Crippen LogP contribution in [0.2, 0.25) is 0 Å². The van der Waals surface area contributed by atoms with Crippen LogP contribution in [-0.4, -0.2) is 0 Å². The van der Waals surface area contributed by atoms with Gasteiger partial charge in [0.05, 0.1) is 5.56 Å². The van der Waals surface area contributed by atoms with E-state index >= 15 is 0 Å². The number of terminal acetylenes is 1. The summed E-state index contributed by atoms with van der Waals surface area (Å²) >= 11 is 0. The normalized spacial score (nSPS) is 8.53. The van der Waals surface area contributed by atoms with Gasteiger partial charge in [0, 0.05) is 6.42 Å². The molecule has 1 aromatic rings. The highest BCUT2D eigenvalue weighted by Gasteiger charge is 1.97. The number of rotatable bonds is 3. The zero-order valence-electron chi connectivity index (χ0n) is 8.92. The third-order valence-electron chi connectivity index (χ3n) is 1.93. The molecule has 0 aromatic heterocycles. The summed E-state index contributed by atoms with van der Waals surface area (Å²) in [5, 5.41) is 0. The van der Waals surface area contributed by atoms with Crippen LogP contribution in [0.4, 0.5) is 0 Å². The molecular weight excluding hydrogens is 184 g/mol. The van der Waals surface area contributed by atoms with E-state index in [1.54, 1.807) is 0 Å². The molecule has 1 aromatic carbocycles. The van der Waals surface area contributed by atoms with Crippen molar-refractivity contribution >= 4 is 0 Å². The molecule has 1 heteroatoms. The Labute approximate surface area is 91.5 Å². The molecule has 1 rings (SSSR count). The summed E-state index contributed by atoms with van der Waals surface area (Å²) < 4.78 is 5.02. The van der Waals surface area contributed by atoms with Crippen molar-refractivity contribution in [3.8, 4) is 30.1 Å². The van der Waals surface area contributed by atoms with E-state index in [4.69, 9.17) is 11.2 Å². The van der Waals surface area contributed by atoms with Crippen molar-refractivity contribution in [2.75, 3.05) is 0 Å². The molecule has 1 nitrogen and oxygen atoms in total. The van der Waals surface area contributed by atoms with Crippen molar-refractivity contribution in [1.82, 2.24) is 0 Å². The largest absolute Gasteiger partial charge is 0.407 e. The molecule has 76 valence electrons. The second-order valence-corrected chi connectivity index (χ2v) is 3.12. The molecule has 0 atom stereocenters. The van der Waals surface area contributed by atoms with Gasteiger partial charge in [-0.15, -0.1) is 0 Å². The standard InChI is InChI=1S/C14H14O/c1-3-5-6-7-10-13-11-8-9-12-14(13)15-4-2/h2,8-9,11-12H,3,5-6H2,1H3. The average molecular weight is 198 g/mol. The number of ether oxygens (including phenoxy) is 1. The van der Waals surface area contributed by atoms with Gasteiger partial charge in [-0.3, -0.25) is 0 Å². The lowest BCUT2D eigenvalue weighted by molar-refractivity contribution is 0.519. The molecule has 0 heterocycles. The number of benzene rings is 1. The summed E-state index contributed by atoms with van der Waals surface area (Å²) in [6.07, 6.45) is 10.5. The molecular formula is C14H14O. The second-order valence-electron chi connectivity index (χ2n) is 3.12. The van der Waals surface area contributed by atoms with Gasteiger partial charge in [0.2, 0.25) is 0 Å². The minimum Gasteiger partial charge on any atom is -0.407 e. The third kappa shape index (κ3) is 3.79. The highest BCUT2D eigenvalue weighted by Crippen LogP contribution is 2.16. The zero-order valence-corrected chi connectivity index (χ0v) is 8.92. The predicted molar refractivity (Wildman–Crippen MR) is 62.3 cm³/mol. The maximum absolute atomic E-state index is 5.09. The molecule has 0 fully saturated rings. The quantitative estimate of drug-likeness (QED) is 0.535. The van der Waals surface area contributed by atoms with E-state index in [-0.39, 0.29) is 0 Å². The average Bonchev–Trinajstić information content (AvgIpc) is 2.27. The highest BCUT2D eigenvalue weighted by atomic mass is 16.5. The molecule has 15 heavy (non-hydrogen) atoms. The Morgan fingerprint density at radius 3 is 2.87 bits per heavy atom. The lowest BCUT2D eigenvalue weighted by atomic mass is 10.2. The summed E-state index contributed by atoms with van der Waals surface area (Å²) in [4.78, 5) is 0. The van der Waals surface area contributed by atoms with Gasteiger partial charge in [-0.2, -0.15) is 0 Å². The van der Waals surface area contributed by atoms with Gasteiger partial charge < -0.3 is 4.74 Å². The molecule has 0 amide bonds. The van der Waals surface area contributed by atoms with Crippen molar-refractivity contribution in [2.45, 2.75) is 26.2 Å². The van der Waals surface area contributed by atoms with Crippen LogP contribution >= 0.6 is 0 Å². The molecule has 0 N–H and O–H groups in total. The summed E-state index contributed by atoms with van der Waals surface area (Å²) in [5.41, 5.74) is 0.853. The Kier molecular flexibility index (Phi) is 4.91. The maximum atomic E-state index is 5.09. The topological polar surface area (TPSA) is 9.23 Å². The lowest BCUT2D eigenvalue weighted by Gasteiger charge is -1.99. The molecule has 0 aliphatic carbocycles. The first kappa shape index (κ1) is 11.2. The van der Waals surface area contributed by atoms with Crippen LogP contribution in [-0.2, 0) is 0 Å². The van der Waals surface area contributed by atoms with E-state index < -0.39 is 0 Å². The van der Waals surface area contributed by atoms with E-state index in [9.17, 15) is 0 Å². The van der Waals surface area contributed by atoms with Crippen molar-refractivity contribution in [3.63, 3.8) is 0 Å². The van der Waals surface area contributed by atoms with Gasteiger partial charge in [-0.05, 0) is 18.6 Å². The molecule has 0 saturated heterocycles. The molecule has 0 aliphatic rings. The van der Waals surface area contributed by atoms with Crippen LogP contribution < -0.4 is 4.74 Å². The summed E-state index contributed by atoms with van der Waals surface area (Å²) in [5.74, 6) is 6.82. The number of para-hydroxylation sites is 1. The molecule has 0 bridgehead atoms. The second kappa shape index (κ2) is 6.57. The summed E-state index contributed by atoms with van der Waals surface area (Å²) in [6.45, 7) is 2.15. The SMILES string of the molecule is C#COc1ccccc1C#CCCCC. The zero-order chi connectivity index (χ0) is 10.9. The molecule has 0 spiro atoms. The summed E-state index contributed by atoms with van der Waals surface area (Å²) in [6, 6.07) is 7.53. The summed E-state index contributed by atoms with van der Waals surface area (Å²) in [7, 11) is 0. The van der Waals surface area contributed by atoms with Crippen LogP contribution in [0.3, 0.4) is 0 Å². The Hall–Kier alpha value is -1.86. The monoisotopic (exact) mass is 198 g/mol. The molecule has 0 aliphatic heterocycles. The van der Waals surface area contributed by atoms with Gasteiger partial charge in [-0.25, -0.2) is 0 Å². The lowest BCUT2D eigenvalue weighted by Crippen LogP contribution is -1.85. The van der Waals surface area contributed by atoms with Gasteiger partial charge >= 0.3 is 0 Å². The van der Waals surface area contributed by atoms with Crippen molar-refractivity contribution in [1.29, 1.82) is 0 Å². The van der Waals surface area contributed by atoms with Gasteiger partial charge in [0.25, 0.3) is 0 Å². The Morgan fingerprint density at radius 2 is 2.13 bits per heavy atom. The van der Waals surface area contributed by atoms with E-state index in [0.717, 1.165) is 24.8 Å². The maximum Gasteiger partial charge on any atom is 0.155 e. The molecule has 0 saturated carbocycles. The van der Waals surface area contributed by atoms with Crippen LogP contribution in [0.5, 0.6) is 5.75 Å². The molecule has 0 radical (unpaired) electrons. The first-order valence-electron chi connectivity index (χ1n) is 5.08. The van der Waals surface area contributed by atoms with Gasteiger partial charge in [0.1, 0.15) is 6.11 Å². The smallest absolute Gasteiger partial charge is 0.155 e. The number of hydrogen-bond acceptors (Lipinski definition) is 1. The Morgan fingerprint density at radius 1 is 1.33 bits per heavy atom. The predicted octanol–water partition coefficient (Wildman–Crippen LogP) is 3.20.